The molecule has 0 aromatic carbocycles. The van der Waals surface area contributed by atoms with Crippen LogP contribution in [-0.2, 0) is 6.54 Å². The third kappa shape index (κ3) is 5.72. The number of alkyl halides is 3. The molecule has 3 aromatic heterocycles. The van der Waals surface area contributed by atoms with Gasteiger partial charge in [-0.2, -0.15) is 13.2 Å². The van der Waals surface area contributed by atoms with Gasteiger partial charge in [-0.3, -0.25) is 4.98 Å². The third-order valence-electron chi connectivity index (χ3n) is 8.45. The molecule has 0 aliphatic heterocycles. The summed E-state index contributed by atoms with van der Waals surface area (Å²) in [6.45, 7) is 6.64. The number of carboxylic acid groups (broad SMARTS) is 1. The van der Waals surface area contributed by atoms with Crippen molar-refractivity contribution >= 4 is 23.0 Å². The van der Waals surface area contributed by atoms with Crippen LogP contribution in [0.5, 0.6) is 0 Å². The summed E-state index contributed by atoms with van der Waals surface area (Å²) < 4.78 is 41.9. The predicted octanol–water partition coefficient (Wildman–Crippen LogP) is 6.68. The van der Waals surface area contributed by atoms with Gasteiger partial charge >= 0.3 is 12.1 Å². The van der Waals surface area contributed by atoms with E-state index in [0.29, 0.717) is 48.2 Å². The highest BCUT2D eigenvalue weighted by atomic mass is 19.4. The second-order valence-electron chi connectivity index (χ2n) is 11.4. The van der Waals surface area contributed by atoms with Crippen LogP contribution in [0.3, 0.4) is 0 Å². The van der Waals surface area contributed by atoms with E-state index in [1.54, 1.807) is 6.20 Å². The molecule has 11 heteroatoms. The largest absolute Gasteiger partial charge is 0.475 e. The molecule has 5 rings (SSSR count). The summed E-state index contributed by atoms with van der Waals surface area (Å²) in [7, 11) is 0. The van der Waals surface area contributed by atoms with E-state index < -0.39 is 18.1 Å². The van der Waals surface area contributed by atoms with Crippen LogP contribution in [-0.4, -0.2) is 47.8 Å². The molecule has 0 unspecified atom stereocenters. The van der Waals surface area contributed by atoms with Crippen LogP contribution in [0.4, 0.5) is 19.0 Å². The fourth-order valence-corrected chi connectivity index (χ4v) is 5.74. The quantitative estimate of drug-likeness (QED) is 0.326. The van der Waals surface area contributed by atoms with E-state index in [2.05, 4.69) is 41.0 Å². The number of hydrogen-bond donors (Lipinski definition) is 2. The predicted molar refractivity (Wildman–Crippen MR) is 142 cm³/mol. The molecule has 210 valence electrons. The molecule has 0 amide bonds. The molecule has 3 aromatic rings. The van der Waals surface area contributed by atoms with Gasteiger partial charge < -0.3 is 15.0 Å². The number of aromatic nitrogens is 5. The average Bonchev–Trinajstić information content (AvgIpc) is 3.21. The molecule has 0 radical (unpaired) electrons. The smallest absolute Gasteiger partial charge is 0.391 e. The van der Waals surface area contributed by atoms with Gasteiger partial charge in [0, 0.05) is 18.8 Å². The highest BCUT2D eigenvalue weighted by Gasteiger charge is 2.41. The van der Waals surface area contributed by atoms with Crippen LogP contribution in [0.2, 0.25) is 0 Å². The standard InChI is InChI=1S/C28H35F3N6O2/c1-15(2)19-11-12-32-21(13-19)26-36-24-22(37(26)14-17-7-9-20(10-8-17)28(29,30)31)23(34-25(35-24)27(38)39)33-16(3)18-5-4-6-18/h11-13,15-18,20H,4-10,14H2,1-3H3,(H,38,39)(H,33,34,35)/t16-,17?,20?/m1/s1. The fourth-order valence-electron chi connectivity index (χ4n) is 5.74. The zero-order valence-electron chi connectivity index (χ0n) is 22.5. The van der Waals surface area contributed by atoms with E-state index in [-0.39, 0.29) is 42.2 Å². The number of imidazole rings is 1. The minimum absolute atomic E-state index is 0.00378. The highest BCUT2D eigenvalue weighted by molar-refractivity contribution is 5.92. The first kappa shape index (κ1) is 27.3. The van der Waals surface area contributed by atoms with Crippen molar-refractivity contribution in [2.45, 2.75) is 90.4 Å². The van der Waals surface area contributed by atoms with Gasteiger partial charge in [0.2, 0.25) is 5.82 Å². The van der Waals surface area contributed by atoms with E-state index in [4.69, 9.17) is 4.98 Å². The van der Waals surface area contributed by atoms with E-state index in [1.165, 1.54) is 0 Å². The van der Waals surface area contributed by atoms with Gasteiger partial charge in [0.1, 0.15) is 11.2 Å². The zero-order valence-corrected chi connectivity index (χ0v) is 22.5. The number of hydrogen-bond acceptors (Lipinski definition) is 6. The first-order valence-electron chi connectivity index (χ1n) is 13.8. The van der Waals surface area contributed by atoms with Gasteiger partial charge in [0.25, 0.3) is 0 Å². The number of nitrogens with zero attached hydrogens (tertiary/aromatic N) is 5. The van der Waals surface area contributed by atoms with E-state index in [9.17, 15) is 23.1 Å². The molecule has 39 heavy (non-hydrogen) atoms. The van der Waals surface area contributed by atoms with Crippen molar-refractivity contribution in [3.8, 4) is 11.5 Å². The first-order valence-corrected chi connectivity index (χ1v) is 13.8. The molecule has 3 heterocycles. The minimum atomic E-state index is -4.17. The molecule has 2 fully saturated rings. The van der Waals surface area contributed by atoms with Crippen molar-refractivity contribution in [2.75, 3.05) is 5.32 Å². The maximum atomic E-state index is 13.3. The van der Waals surface area contributed by atoms with Gasteiger partial charge in [0.15, 0.2) is 17.3 Å². The SMILES string of the molecule is CC(C)c1ccnc(-c2nc3nc(C(=O)O)nc(N[C@H](C)C4CCC4)c3n2CC2CCC(C(F)(F)F)CC2)c1. The number of aromatic carboxylic acids is 1. The number of pyridine rings is 1. The second kappa shape index (κ2) is 10.7. The molecule has 8 nitrogen and oxygen atoms in total. The number of nitrogens with one attached hydrogen (secondary N) is 1. The average molecular weight is 545 g/mol. The third-order valence-corrected chi connectivity index (χ3v) is 8.45. The Bertz CT molecular complexity index is 1340. The Morgan fingerprint density at radius 3 is 2.41 bits per heavy atom. The Morgan fingerprint density at radius 1 is 1.10 bits per heavy atom. The summed E-state index contributed by atoms with van der Waals surface area (Å²) in [4.78, 5) is 29.9. The maximum absolute atomic E-state index is 13.3. The number of anilines is 1. The first-order chi connectivity index (χ1) is 18.5. The van der Waals surface area contributed by atoms with Crippen molar-refractivity contribution in [2.24, 2.45) is 17.8 Å². The lowest BCUT2D eigenvalue weighted by Gasteiger charge is -2.32. The molecule has 0 spiro atoms. The van der Waals surface area contributed by atoms with E-state index >= 15 is 0 Å². The minimum Gasteiger partial charge on any atom is -0.475 e. The summed E-state index contributed by atoms with van der Waals surface area (Å²) in [5.41, 5.74) is 2.48. The van der Waals surface area contributed by atoms with Crippen molar-refractivity contribution in [3.63, 3.8) is 0 Å². The second-order valence-corrected chi connectivity index (χ2v) is 11.4. The van der Waals surface area contributed by atoms with Crippen molar-refractivity contribution in [3.05, 3.63) is 29.7 Å². The van der Waals surface area contributed by atoms with Gasteiger partial charge in [-0.15, -0.1) is 0 Å². The number of fused-ring (bicyclic) bond motifs is 1. The maximum Gasteiger partial charge on any atom is 0.391 e. The molecule has 0 saturated heterocycles. The van der Waals surface area contributed by atoms with Crippen LogP contribution in [0, 0.1) is 17.8 Å². The Kier molecular flexibility index (Phi) is 7.52. The Hall–Kier alpha value is -3.24. The van der Waals surface area contributed by atoms with Crippen molar-refractivity contribution in [1.82, 2.24) is 24.5 Å². The lowest BCUT2D eigenvalue weighted by atomic mass is 9.80. The number of rotatable bonds is 8. The van der Waals surface area contributed by atoms with Crippen LogP contribution in [0.25, 0.3) is 22.7 Å². The molecular formula is C28H35F3N6O2. The van der Waals surface area contributed by atoms with E-state index in [0.717, 1.165) is 24.8 Å². The number of carboxylic acids is 1. The van der Waals surface area contributed by atoms with Gasteiger partial charge in [-0.25, -0.2) is 19.7 Å². The molecule has 0 bridgehead atoms. The molecule has 2 saturated carbocycles. The summed E-state index contributed by atoms with van der Waals surface area (Å²) in [5.74, 6) is -1.25. The molecular weight excluding hydrogens is 509 g/mol. The molecule has 2 aliphatic rings. The van der Waals surface area contributed by atoms with E-state index in [1.807, 2.05) is 16.7 Å². The summed E-state index contributed by atoms with van der Waals surface area (Å²) in [6, 6.07) is 3.96. The summed E-state index contributed by atoms with van der Waals surface area (Å²) in [5, 5.41) is 13.2. The van der Waals surface area contributed by atoms with Crippen molar-refractivity contribution in [1.29, 1.82) is 0 Å². The van der Waals surface area contributed by atoms with Gasteiger partial charge in [0.05, 0.1) is 5.92 Å². The normalized spacial score (nSPS) is 21.2. The Balaban J connectivity index is 1.60. The Labute approximate surface area is 225 Å². The lowest BCUT2D eigenvalue weighted by molar-refractivity contribution is -0.184. The summed E-state index contributed by atoms with van der Waals surface area (Å²) in [6.07, 6.45) is 1.97. The number of carbonyl (C=O) groups is 1. The zero-order chi connectivity index (χ0) is 27.9. The fraction of sp³-hybridized carbons (Fsp3) is 0.607. The monoisotopic (exact) mass is 544 g/mol. The van der Waals surface area contributed by atoms with Gasteiger partial charge in [-0.05, 0) is 80.9 Å². The number of halogens is 3. The van der Waals surface area contributed by atoms with Crippen LogP contribution in [0.15, 0.2) is 18.3 Å². The molecule has 2 N–H and O–H groups in total. The van der Waals surface area contributed by atoms with Crippen LogP contribution >= 0.6 is 0 Å². The summed E-state index contributed by atoms with van der Waals surface area (Å²) >= 11 is 0. The van der Waals surface area contributed by atoms with Crippen LogP contribution in [0.1, 0.15) is 87.8 Å². The topological polar surface area (TPSA) is 106 Å². The van der Waals surface area contributed by atoms with Gasteiger partial charge in [-0.1, -0.05) is 20.3 Å². The Morgan fingerprint density at radius 2 is 1.82 bits per heavy atom. The highest BCUT2D eigenvalue weighted by Crippen LogP contribution is 2.41. The van der Waals surface area contributed by atoms with Crippen LogP contribution < -0.4 is 5.32 Å². The molecule has 1 atom stereocenters. The molecule has 2 aliphatic carbocycles. The van der Waals surface area contributed by atoms with Crippen molar-refractivity contribution < 1.29 is 23.1 Å². The lowest BCUT2D eigenvalue weighted by Crippen LogP contribution is -2.32.